The molecule has 19 heavy (non-hydrogen) atoms. The molecule has 2 N–H and O–H groups in total. The molecule has 0 aliphatic rings. The van der Waals surface area contributed by atoms with Crippen LogP contribution in [0.3, 0.4) is 0 Å². The van der Waals surface area contributed by atoms with Crippen LogP contribution in [0.25, 0.3) is 0 Å². The average molecular weight is 265 g/mol. The molecule has 0 heterocycles. The van der Waals surface area contributed by atoms with Gasteiger partial charge in [-0.05, 0) is 25.0 Å². The molecular formula is C13H19N3O3. The fraction of sp³-hybridized carbons (Fsp3) is 0.462. The Labute approximate surface area is 112 Å². The van der Waals surface area contributed by atoms with Gasteiger partial charge in [-0.15, -0.1) is 0 Å². The molecule has 6 nitrogen and oxygen atoms in total. The van der Waals surface area contributed by atoms with E-state index in [0.717, 1.165) is 18.5 Å². The molecule has 0 bridgehead atoms. The number of benzene rings is 1. The molecule has 104 valence electrons. The lowest BCUT2D eigenvalue weighted by molar-refractivity contribution is -0.384. The lowest BCUT2D eigenvalue weighted by atomic mass is 10.2. The molecule has 1 aromatic carbocycles. The monoisotopic (exact) mass is 265 g/mol. The van der Waals surface area contributed by atoms with Crippen molar-refractivity contribution in [3.63, 3.8) is 0 Å². The van der Waals surface area contributed by atoms with E-state index in [4.69, 9.17) is 0 Å². The highest BCUT2D eigenvalue weighted by molar-refractivity contribution is 5.75. The van der Waals surface area contributed by atoms with E-state index in [-0.39, 0.29) is 11.6 Å². The average Bonchev–Trinajstić information content (AvgIpc) is 2.41. The number of nitrogens with one attached hydrogen (secondary N) is 2. The van der Waals surface area contributed by atoms with Gasteiger partial charge in [-0.25, -0.2) is 0 Å². The molecule has 0 fully saturated rings. The SMILES string of the molecule is CCCNC(=O)CCCNc1ccc([N+](=O)[O-])cc1. The molecule has 0 aliphatic carbocycles. The molecule has 0 saturated carbocycles. The van der Waals surface area contributed by atoms with Gasteiger partial charge in [0.1, 0.15) is 0 Å². The molecule has 6 heteroatoms. The van der Waals surface area contributed by atoms with Gasteiger partial charge in [0.2, 0.25) is 5.91 Å². The fourth-order valence-electron chi connectivity index (χ4n) is 1.54. The second kappa shape index (κ2) is 8.07. The van der Waals surface area contributed by atoms with Crippen LogP contribution in [0, 0.1) is 10.1 Å². The summed E-state index contributed by atoms with van der Waals surface area (Å²) in [6.45, 7) is 3.39. The van der Waals surface area contributed by atoms with E-state index in [1.807, 2.05) is 6.92 Å². The highest BCUT2D eigenvalue weighted by atomic mass is 16.6. The van der Waals surface area contributed by atoms with Gasteiger partial charge in [-0.3, -0.25) is 14.9 Å². The quantitative estimate of drug-likeness (QED) is 0.429. The van der Waals surface area contributed by atoms with Gasteiger partial charge in [0.15, 0.2) is 0 Å². The lowest BCUT2D eigenvalue weighted by Gasteiger charge is -2.06. The maximum atomic E-state index is 11.3. The van der Waals surface area contributed by atoms with Crippen LogP contribution in [0.2, 0.25) is 0 Å². The molecule has 0 unspecified atom stereocenters. The first-order chi connectivity index (χ1) is 9.13. The molecule has 0 aliphatic heterocycles. The van der Waals surface area contributed by atoms with Crippen molar-refractivity contribution in [1.29, 1.82) is 0 Å². The van der Waals surface area contributed by atoms with E-state index >= 15 is 0 Å². The number of anilines is 1. The Kier molecular flexibility index (Phi) is 6.35. The minimum Gasteiger partial charge on any atom is -0.385 e. The number of rotatable bonds is 8. The van der Waals surface area contributed by atoms with Crippen LogP contribution in [-0.4, -0.2) is 23.9 Å². The number of non-ortho nitro benzene ring substituents is 1. The summed E-state index contributed by atoms with van der Waals surface area (Å²) in [6, 6.07) is 6.23. The molecule has 0 aromatic heterocycles. The molecule has 1 aromatic rings. The molecular weight excluding hydrogens is 246 g/mol. The number of carbonyl (C=O) groups excluding carboxylic acids is 1. The summed E-state index contributed by atoms with van der Waals surface area (Å²) in [7, 11) is 0. The van der Waals surface area contributed by atoms with Crippen molar-refractivity contribution in [3.8, 4) is 0 Å². The third kappa shape index (κ3) is 5.85. The lowest BCUT2D eigenvalue weighted by Crippen LogP contribution is -2.24. The zero-order valence-corrected chi connectivity index (χ0v) is 11.0. The van der Waals surface area contributed by atoms with Crippen molar-refractivity contribution in [2.75, 3.05) is 18.4 Å². The Morgan fingerprint density at radius 1 is 1.26 bits per heavy atom. The summed E-state index contributed by atoms with van der Waals surface area (Å²) >= 11 is 0. The van der Waals surface area contributed by atoms with E-state index in [9.17, 15) is 14.9 Å². The van der Waals surface area contributed by atoms with Crippen molar-refractivity contribution in [1.82, 2.24) is 5.32 Å². The van der Waals surface area contributed by atoms with Crippen LogP contribution in [0.5, 0.6) is 0 Å². The molecule has 0 saturated heterocycles. The normalized spacial score (nSPS) is 9.95. The van der Waals surface area contributed by atoms with E-state index in [1.165, 1.54) is 12.1 Å². The Balaban J connectivity index is 2.22. The molecule has 0 spiro atoms. The largest absolute Gasteiger partial charge is 0.385 e. The molecule has 1 rings (SSSR count). The van der Waals surface area contributed by atoms with Crippen molar-refractivity contribution in [2.24, 2.45) is 0 Å². The van der Waals surface area contributed by atoms with Gasteiger partial charge in [0.25, 0.3) is 5.69 Å². The van der Waals surface area contributed by atoms with Crippen molar-refractivity contribution >= 4 is 17.3 Å². The minimum absolute atomic E-state index is 0.0624. The van der Waals surface area contributed by atoms with Crippen LogP contribution in [0.1, 0.15) is 26.2 Å². The van der Waals surface area contributed by atoms with Gasteiger partial charge >= 0.3 is 0 Å². The summed E-state index contributed by atoms with van der Waals surface area (Å²) in [5, 5.41) is 16.4. The van der Waals surface area contributed by atoms with Crippen LogP contribution in [0.4, 0.5) is 11.4 Å². The second-order valence-electron chi connectivity index (χ2n) is 4.18. The Hall–Kier alpha value is -2.11. The van der Waals surface area contributed by atoms with E-state index < -0.39 is 4.92 Å². The molecule has 0 radical (unpaired) electrons. The van der Waals surface area contributed by atoms with Crippen molar-refractivity contribution < 1.29 is 9.72 Å². The maximum Gasteiger partial charge on any atom is 0.269 e. The van der Waals surface area contributed by atoms with Gasteiger partial charge in [0.05, 0.1) is 4.92 Å². The summed E-state index contributed by atoms with van der Waals surface area (Å²) in [4.78, 5) is 21.4. The topological polar surface area (TPSA) is 84.3 Å². The number of hydrogen-bond acceptors (Lipinski definition) is 4. The molecule has 1 amide bonds. The highest BCUT2D eigenvalue weighted by Crippen LogP contribution is 2.15. The Bertz CT molecular complexity index is 418. The maximum absolute atomic E-state index is 11.3. The van der Waals surface area contributed by atoms with E-state index in [0.29, 0.717) is 19.5 Å². The summed E-state index contributed by atoms with van der Waals surface area (Å²) < 4.78 is 0. The number of nitro benzene ring substituents is 1. The van der Waals surface area contributed by atoms with Gasteiger partial charge < -0.3 is 10.6 Å². The highest BCUT2D eigenvalue weighted by Gasteiger charge is 2.03. The Morgan fingerprint density at radius 3 is 2.53 bits per heavy atom. The zero-order chi connectivity index (χ0) is 14.1. The first-order valence-electron chi connectivity index (χ1n) is 6.38. The van der Waals surface area contributed by atoms with Crippen molar-refractivity contribution in [3.05, 3.63) is 34.4 Å². The summed E-state index contributed by atoms with van der Waals surface area (Å²) in [5.74, 6) is 0.0624. The number of carbonyl (C=O) groups is 1. The number of amides is 1. The zero-order valence-electron chi connectivity index (χ0n) is 11.0. The first-order valence-corrected chi connectivity index (χ1v) is 6.38. The fourth-order valence-corrected chi connectivity index (χ4v) is 1.54. The first kappa shape index (κ1) is 14.9. The van der Waals surface area contributed by atoms with Crippen molar-refractivity contribution in [2.45, 2.75) is 26.2 Å². The summed E-state index contributed by atoms with van der Waals surface area (Å²) in [5.41, 5.74) is 0.893. The van der Waals surface area contributed by atoms with E-state index in [2.05, 4.69) is 10.6 Å². The summed E-state index contributed by atoms with van der Waals surface area (Å²) in [6.07, 6.45) is 2.15. The van der Waals surface area contributed by atoms with Crippen LogP contribution >= 0.6 is 0 Å². The second-order valence-corrected chi connectivity index (χ2v) is 4.18. The van der Waals surface area contributed by atoms with Gasteiger partial charge in [-0.1, -0.05) is 6.92 Å². The predicted octanol–water partition coefficient (Wildman–Crippen LogP) is 2.31. The predicted molar refractivity (Wildman–Crippen MR) is 74.1 cm³/mol. The number of nitro groups is 1. The van der Waals surface area contributed by atoms with Gasteiger partial charge in [0, 0.05) is 37.3 Å². The number of hydrogen-bond donors (Lipinski definition) is 2. The van der Waals surface area contributed by atoms with Crippen LogP contribution < -0.4 is 10.6 Å². The van der Waals surface area contributed by atoms with Crippen LogP contribution in [-0.2, 0) is 4.79 Å². The Morgan fingerprint density at radius 2 is 1.95 bits per heavy atom. The molecule has 0 atom stereocenters. The van der Waals surface area contributed by atoms with Gasteiger partial charge in [-0.2, -0.15) is 0 Å². The third-order valence-corrected chi connectivity index (χ3v) is 2.56. The minimum atomic E-state index is -0.429. The standard InChI is InChI=1S/C13H19N3O3/c1-2-9-15-13(17)4-3-10-14-11-5-7-12(8-6-11)16(18)19/h5-8,14H,2-4,9-10H2,1H3,(H,15,17). The van der Waals surface area contributed by atoms with E-state index in [1.54, 1.807) is 12.1 Å². The third-order valence-electron chi connectivity index (χ3n) is 2.56. The number of nitrogens with zero attached hydrogens (tertiary/aromatic N) is 1. The van der Waals surface area contributed by atoms with Crippen LogP contribution in [0.15, 0.2) is 24.3 Å². The smallest absolute Gasteiger partial charge is 0.269 e.